The Morgan fingerprint density at radius 3 is 2.33 bits per heavy atom. The van der Waals surface area contributed by atoms with Gasteiger partial charge in [-0.1, -0.05) is 13.0 Å². The lowest BCUT2D eigenvalue weighted by Gasteiger charge is -2.20. The zero-order valence-electron chi connectivity index (χ0n) is 9.90. The molecule has 0 saturated heterocycles. The van der Waals surface area contributed by atoms with Crippen LogP contribution in [0.25, 0.3) is 0 Å². The minimum atomic E-state index is 0.114. The highest BCUT2D eigenvalue weighted by atomic mass is 15.2. The Morgan fingerprint density at radius 1 is 1.27 bits per heavy atom. The lowest BCUT2D eigenvalue weighted by atomic mass is 10.1. The summed E-state index contributed by atoms with van der Waals surface area (Å²) in [6, 6.07) is 4.25. The Labute approximate surface area is 92.3 Å². The molecular formula is C12H21N3. The minimum Gasteiger partial charge on any atom is -0.357 e. The molecule has 0 saturated carbocycles. The van der Waals surface area contributed by atoms with Crippen LogP contribution in [-0.4, -0.2) is 18.1 Å². The molecule has 0 aliphatic carbocycles. The number of nitrogens with two attached hydrogens (primary N) is 1. The van der Waals surface area contributed by atoms with Crippen LogP contribution in [0.2, 0.25) is 0 Å². The van der Waals surface area contributed by atoms with Crippen molar-refractivity contribution < 1.29 is 0 Å². The van der Waals surface area contributed by atoms with E-state index in [0.29, 0.717) is 0 Å². The Morgan fingerprint density at radius 2 is 1.93 bits per heavy atom. The van der Waals surface area contributed by atoms with Crippen LogP contribution in [0.15, 0.2) is 18.3 Å². The first-order chi connectivity index (χ1) is 7.22. The first-order valence-electron chi connectivity index (χ1n) is 5.69. The van der Waals surface area contributed by atoms with E-state index in [9.17, 15) is 0 Å². The SMILES string of the molecule is CC[C@H](N)c1ccc(N(CC)CC)nc1. The second-order valence-electron chi connectivity index (χ2n) is 3.64. The van der Waals surface area contributed by atoms with E-state index in [2.05, 4.69) is 42.8 Å². The molecule has 2 N–H and O–H groups in total. The van der Waals surface area contributed by atoms with E-state index in [1.165, 1.54) is 0 Å². The molecule has 0 amide bonds. The molecule has 0 fully saturated rings. The fourth-order valence-electron chi connectivity index (χ4n) is 1.59. The van der Waals surface area contributed by atoms with Crippen LogP contribution in [0.5, 0.6) is 0 Å². The highest BCUT2D eigenvalue weighted by molar-refractivity contribution is 5.39. The van der Waals surface area contributed by atoms with Crippen LogP contribution in [0, 0.1) is 0 Å². The fraction of sp³-hybridized carbons (Fsp3) is 0.583. The molecule has 0 spiro atoms. The zero-order valence-corrected chi connectivity index (χ0v) is 9.90. The van der Waals surface area contributed by atoms with Crippen molar-refractivity contribution in [2.75, 3.05) is 18.0 Å². The summed E-state index contributed by atoms with van der Waals surface area (Å²) in [6.45, 7) is 8.34. The Hall–Kier alpha value is -1.09. The summed E-state index contributed by atoms with van der Waals surface area (Å²) in [5.41, 5.74) is 7.05. The molecule has 1 aromatic rings. The third kappa shape index (κ3) is 2.93. The number of hydrogen-bond donors (Lipinski definition) is 1. The molecule has 0 aliphatic rings. The first kappa shape index (κ1) is 12.0. The van der Waals surface area contributed by atoms with E-state index >= 15 is 0 Å². The monoisotopic (exact) mass is 207 g/mol. The average Bonchev–Trinajstić information content (AvgIpc) is 2.30. The summed E-state index contributed by atoms with van der Waals surface area (Å²) in [6.07, 6.45) is 2.84. The van der Waals surface area contributed by atoms with Gasteiger partial charge in [-0.2, -0.15) is 0 Å². The van der Waals surface area contributed by atoms with E-state index < -0.39 is 0 Å². The van der Waals surface area contributed by atoms with Gasteiger partial charge in [0.2, 0.25) is 0 Å². The van der Waals surface area contributed by atoms with Crippen molar-refractivity contribution in [3.8, 4) is 0 Å². The van der Waals surface area contributed by atoms with Gasteiger partial charge in [0.05, 0.1) is 0 Å². The number of pyridine rings is 1. The van der Waals surface area contributed by atoms with E-state index in [-0.39, 0.29) is 6.04 Å². The van der Waals surface area contributed by atoms with Crippen LogP contribution in [0.4, 0.5) is 5.82 Å². The van der Waals surface area contributed by atoms with Crippen LogP contribution < -0.4 is 10.6 Å². The molecule has 0 radical (unpaired) electrons. The number of hydrogen-bond acceptors (Lipinski definition) is 3. The highest BCUT2D eigenvalue weighted by Crippen LogP contribution is 2.16. The predicted octanol–water partition coefficient (Wildman–Crippen LogP) is 2.34. The van der Waals surface area contributed by atoms with Crippen LogP contribution >= 0.6 is 0 Å². The second-order valence-corrected chi connectivity index (χ2v) is 3.64. The maximum absolute atomic E-state index is 5.93. The van der Waals surface area contributed by atoms with Gasteiger partial charge in [-0.3, -0.25) is 0 Å². The third-order valence-corrected chi connectivity index (χ3v) is 2.73. The highest BCUT2D eigenvalue weighted by Gasteiger charge is 2.06. The second kappa shape index (κ2) is 5.71. The number of aromatic nitrogens is 1. The van der Waals surface area contributed by atoms with Gasteiger partial charge in [0, 0.05) is 25.3 Å². The van der Waals surface area contributed by atoms with Crippen molar-refractivity contribution in [2.45, 2.75) is 33.2 Å². The molecule has 1 atom stereocenters. The van der Waals surface area contributed by atoms with E-state index in [0.717, 1.165) is 30.9 Å². The third-order valence-electron chi connectivity index (χ3n) is 2.73. The topological polar surface area (TPSA) is 42.1 Å². The Kier molecular flexibility index (Phi) is 4.56. The van der Waals surface area contributed by atoms with Gasteiger partial charge in [0.25, 0.3) is 0 Å². The lowest BCUT2D eigenvalue weighted by Crippen LogP contribution is -2.23. The Bertz CT molecular complexity index is 277. The summed E-state index contributed by atoms with van der Waals surface area (Å²) < 4.78 is 0. The molecule has 1 heterocycles. The maximum atomic E-state index is 5.93. The molecule has 15 heavy (non-hydrogen) atoms. The van der Waals surface area contributed by atoms with Gasteiger partial charge in [-0.15, -0.1) is 0 Å². The predicted molar refractivity (Wildman–Crippen MR) is 65.0 cm³/mol. The molecule has 1 rings (SSSR count). The minimum absolute atomic E-state index is 0.114. The summed E-state index contributed by atoms with van der Waals surface area (Å²) in [4.78, 5) is 6.66. The first-order valence-corrected chi connectivity index (χ1v) is 5.69. The molecule has 1 aromatic heterocycles. The molecular weight excluding hydrogens is 186 g/mol. The van der Waals surface area contributed by atoms with Gasteiger partial charge in [-0.25, -0.2) is 4.98 Å². The summed E-state index contributed by atoms with van der Waals surface area (Å²) in [5.74, 6) is 1.03. The summed E-state index contributed by atoms with van der Waals surface area (Å²) in [7, 11) is 0. The number of rotatable bonds is 5. The van der Waals surface area contributed by atoms with Crippen molar-refractivity contribution in [1.82, 2.24) is 4.98 Å². The molecule has 84 valence electrons. The summed E-state index contributed by atoms with van der Waals surface area (Å²) >= 11 is 0. The number of anilines is 1. The smallest absolute Gasteiger partial charge is 0.128 e. The molecule has 0 bridgehead atoms. The average molecular weight is 207 g/mol. The molecule has 0 aliphatic heterocycles. The number of nitrogens with zero attached hydrogens (tertiary/aromatic N) is 2. The van der Waals surface area contributed by atoms with Crippen LogP contribution in [-0.2, 0) is 0 Å². The fourth-order valence-corrected chi connectivity index (χ4v) is 1.59. The van der Waals surface area contributed by atoms with Gasteiger partial charge >= 0.3 is 0 Å². The standard InChI is InChI=1S/C12H21N3/c1-4-11(13)10-7-8-12(14-9-10)15(5-2)6-3/h7-9,11H,4-6,13H2,1-3H3/t11-/m0/s1. The summed E-state index contributed by atoms with van der Waals surface area (Å²) in [5, 5.41) is 0. The van der Waals surface area contributed by atoms with Crippen molar-refractivity contribution in [3.63, 3.8) is 0 Å². The largest absolute Gasteiger partial charge is 0.357 e. The molecule has 0 aromatic carbocycles. The van der Waals surface area contributed by atoms with Gasteiger partial charge < -0.3 is 10.6 Å². The van der Waals surface area contributed by atoms with Crippen molar-refractivity contribution in [2.24, 2.45) is 5.73 Å². The van der Waals surface area contributed by atoms with Gasteiger partial charge in [0.1, 0.15) is 5.82 Å². The van der Waals surface area contributed by atoms with Gasteiger partial charge in [-0.05, 0) is 31.9 Å². The molecule has 3 heteroatoms. The van der Waals surface area contributed by atoms with Gasteiger partial charge in [0.15, 0.2) is 0 Å². The van der Waals surface area contributed by atoms with Crippen molar-refractivity contribution in [3.05, 3.63) is 23.9 Å². The Balaban J connectivity index is 2.79. The quantitative estimate of drug-likeness (QED) is 0.805. The zero-order chi connectivity index (χ0) is 11.3. The van der Waals surface area contributed by atoms with Crippen molar-refractivity contribution in [1.29, 1.82) is 0 Å². The van der Waals surface area contributed by atoms with Crippen LogP contribution in [0.3, 0.4) is 0 Å². The molecule has 0 unspecified atom stereocenters. The normalized spacial score (nSPS) is 12.5. The van der Waals surface area contributed by atoms with Crippen molar-refractivity contribution >= 4 is 5.82 Å². The van der Waals surface area contributed by atoms with E-state index in [1.807, 2.05) is 6.20 Å². The van der Waals surface area contributed by atoms with E-state index in [4.69, 9.17) is 5.73 Å². The van der Waals surface area contributed by atoms with Crippen LogP contribution in [0.1, 0.15) is 38.8 Å². The molecule has 3 nitrogen and oxygen atoms in total. The maximum Gasteiger partial charge on any atom is 0.128 e. The lowest BCUT2D eigenvalue weighted by molar-refractivity contribution is 0.694. The van der Waals surface area contributed by atoms with E-state index in [1.54, 1.807) is 0 Å².